The van der Waals surface area contributed by atoms with Gasteiger partial charge in [-0.1, -0.05) is 0 Å². The van der Waals surface area contributed by atoms with Crippen LogP contribution in [0.2, 0.25) is 24.2 Å². The zero-order chi connectivity index (χ0) is 57.9. The Kier molecular flexibility index (Phi) is 29.1. The van der Waals surface area contributed by atoms with E-state index in [4.69, 9.17) is 0 Å². The fraction of sp³-hybridized carbons (Fsp3) is 1.00. The molecule has 23 N–H and O–H groups in total. The topological polar surface area (TPSA) is 747 Å². The molecule has 440 valence electrons. The number of nitrogens with one attached hydrogen (secondary N) is 2. The highest BCUT2D eigenvalue weighted by Crippen LogP contribution is 2.61. The van der Waals surface area contributed by atoms with Crippen molar-refractivity contribution in [2.24, 2.45) is 0 Å². The van der Waals surface area contributed by atoms with Crippen LogP contribution in [0.1, 0.15) is 25.7 Å². The van der Waals surface area contributed by atoms with E-state index < -0.39 is 197 Å². The molecule has 0 spiro atoms. The van der Waals surface area contributed by atoms with Gasteiger partial charge in [-0.05, 0) is 51.9 Å². The number of phosphoric acid groups is 11. The van der Waals surface area contributed by atoms with Crippen molar-refractivity contribution in [3.05, 3.63) is 0 Å². The summed E-state index contributed by atoms with van der Waals surface area (Å²) in [6, 6.07) is -5.52. The van der Waals surface area contributed by atoms with Gasteiger partial charge in [0.25, 0.3) is 0 Å². The molecule has 0 rings (SSSR count). The molecule has 0 bridgehead atoms. The third-order valence-electron chi connectivity index (χ3n) is 6.43. The monoisotopic (exact) mass is 1380 g/mol. The van der Waals surface area contributed by atoms with Gasteiger partial charge < -0.3 is 113 Å². The molecule has 0 saturated heterocycles. The highest BCUT2D eigenvalue weighted by Gasteiger charge is 2.62. The lowest BCUT2D eigenvalue weighted by molar-refractivity contribution is 0.133. The van der Waals surface area contributed by atoms with E-state index in [0.717, 1.165) is 0 Å². The second-order valence-electron chi connectivity index (χ2n) is 13.1. The standard InChI is InChI=1S/C12H47N2O44P11Si4/c15-59(16,17)47-70(48-60(18,19)20,49-61(21,22)23)9-1-5-13-7-3-11-72(53-65(33,34)35,54-66(36,37)38)57-69(45,46)58-73(55-67(39,40)41,56-68(42,43)44)12-4-8-14-6-2-10-71(50-62(24,25)26,51-63(27,28)29)52-64(30,31)32/h13-14H,1-12H2,(H,45,46)(H2,15,16,17)(H2,18,19,20)(H2,21,22,23)(H2,24,25,26)(H2,27,28,29)(H2,30,31,32)(H2,33,34,35)(H2,36,37,38)(H2,39,40,41)(H2,42,43,44). The maximum atomic E-state index is 13.5. The molecule has 0 aliphatic carbocycles. The largest absolute Gasteiger partial charge is 0.526 e. The van der Waals surface area contributed by atoms with E-state index in [0.29, 0.717) is 0 Å². The van der Waals surface area contributed by atoms with Crippen LogP contribution in [0.5, 0.6) is 0 Å². The third-order valence-corrected chi connectivity index (χ3v) is 35.0. The Hall–Kier alpha value is 2.00. The zero-order valence-electron chi connectivity index (χ0n) is 35.2. The van der Waals surface area contributed by atoms with Gasteiger partial charge in [0.1, 0.15) is 0 Å². The first-order chi connectivity index (χ1) is 31.9. The summed E-state index contributed by atoms with van der Waals surface area (Å²) in [6.07, 6.45) is -3.32. The Labute approximate surface area is 410 Å². The highest BCUT2D eigenvalue weighted by atomic mass is 31.2. The van der Waals surface area contributed by atoms with Gasteiger partial charge in [0.15, 0.2) is 0 Å². The Bertz CT molecular complexity index is 2010. The molecule has 0 fully saturated rings. The molecule has 46 nitrogen and oxygen atoms in total. The second kappa shape index (κ2) is 28.3. The van der Waals surface area contributed by atoms with Crippen LogP contribution in [0.4, 0.5) is 0 Å². The summed E-state index contributed by atoms with van der Waals surface area (Å²) in [5, 5.41) is 4.65. The Morgan fingerprint density at radius 3 is 0.479 bits per heavy atom. The molecule has 0 saturated carbocycles. The van der Waals surface area contributed by atoms with Gasteiger partial charge in [-0.15, -0.1) is 0 Å². The van der Waals surface area contributed by atoms with Crippen molar-refractivity contribution in [2.45, 2.75) is 49.9 Å². The molecule has 0 unspecified atom stereocenters. The van der Waals surface area contributed by atoms with Crippen LogP contribution in [0.3, 0.4) is 0 Å². The molecule has 0 aliphatic heterocycles. The van der Waals surface area contributed by atoms with Crippen molar-refractivity contribution in [3.8, 4) is 0 Å². The molecular formula is C12H47N2O44P11Si4. The van der Waals surface area contributed by atoms with E-state index in [1.165, 1.54) is 0 Å². The Balaban J connectivity index is 6.75. The number of hydrogen-bond acceptors (Lipinski definition) is 25. The lowest BCUT2D eigenvalue weighted by Gasteiger charge is -2.34. The van der Waals surface area contributed by atoms with Crippen molar-refractivity contribution in [2.75, 3.05) is 26.2 Å². The predicted molar refractivity (Wildman–Crippen MR) is 230 cm³/mol. The first-order valence-corrected chi connectivity index (χ1v) is 42.2. The summed E-state index contributed by atoms with van der Waals surface area (Å²) in [4.78, 5) is 198. The molecule has 0 aromatic carbocycles. The maximum absolute atomic E-state index is 13.5. The molecule has 0 amide bonds. The van der Waals surface area contributed by atoms with Crippen LogP contribution in [0, 0.1) is 0 Å². The minimum atomic E-state index is -6.80. The molecule has 0 aromatic rings. The van der Waals surface area contributed by atoms with E-state index in [1.54, 1.807) is 0 Å². The SMILES string of the molecule is O=P(O)(O)O[Si](CCCNCCC[Si](OP(=O)(O)O)(OP(=O)(O)O)OP(=O)(O)O[Si](CCCNCCC[Si](OP(=O)(O)O)(OP(=O)(O)O)OP(=O)(O)O)(OP(=O)(O)O)OP(=O)(O)O)(OP(=O)(O)O)OP(=O)(O)O. The molecule has 0 aromatic heterocycles. The zero-order valence-corrected chi connectivity index (χ0v) is 49.0. The van der Waals surface area contributed by atoms with Crippen LogP contribution >= 0.6 is 86.0 Å². The quantitative estimate of drug-likeness (QED) is 0.0162. The summed E-state index contributed by atoms with van der Waals surface area (Å²) in [5.74, 6) is 0. The Morgan fingerprint density at radius 1 is 0.233 bits per heavy atom. The maximum Gasteiger partial charge on any atom is 0.526 e. The molecule has 0 heterocycles. The van der Waals surface area contributed by atoms with Crippen molar-refractivity contribution in [1.29, 1.82) is 0 Å². The number of hydrogen-bond donors (Lipinski definition) is 23. The van der Waals surface area contributed by atoms with Gasteiger partial charge >= 0.3 is 121 Å². The average Bonchev–Trinajstić information content (AvgIpc) is 2.98. The fourth-order valence-electron chi connectivity index (χ4n) is 4.90. The molecule has 0 aliphatic rings. The molecule has 61 heteroatoms. The van der Waals surface area contributed by atoms with Crippen LogP contribution in [-0.4, -0.2) is 164 Å². The van der Waals surface area contributed by atoms with E-state index >= 15 is 0 Å². The predicted octanol–water partition coefficient (Wildman–Crippen LogP) is -3.29. The molecule has 0 radical (unpaired) electrons. The first-order valence-electron chi connectivity index (χ1n) is 17.7. The van der Waals surface area contributed by atoms with Gasteiger partial charge in [0.05, 0.1) is 0 Å². The minimum absolute atomic E-state index is 0.643. The van der Waals surface area contributed by atoms with Crippen LogP contribution < -0.4 is 10.6 Å². The van der Waals surface area contributed by atoms with E-state index in [2.05, 4.69) is 61.2 Å². The molecular weight excluding hydrogens is 1330 g/mol. The van der Waals surface area contributed by atoms with Crippen LogP contribution in [0.15, 0.2) is 0 Å². The van der Waals surface area contributed by atoms with Gasteiger partial charge in [0.2, 0.25) is 0 Å². The van der Waals surface area contributed by atoms with E-state index in [9.17, 15) is 153 Å². The van der Waals surface area contributed by atoms with E-state index in [-0.39, 0.29) is 0 Å². The van der Waals surface area contributed by atoms with Gasteiger partial charge in [-0.3, -0.25) is 50.6 Å². The summed E-state index contributed by atoms with van der Waals surface area (Å²) in [5.41, 5.74) is 0. The summed E-state index contributed by atoms with van der Waals surface area (Å²) >= 11 is 0. The molecule has 0 atom stereocenters. The van der Waals surface area contributed by atoms with Crippen molar-refractivity contribution >= 4 is 121 Å². The smallest absolute Gasteiger partial charge is 0.317 e. The van der Waals surface area contributed by atoms with Crippen molar-refractivity contribution in [3.63, 3.8) is 0 Å². The van der Waals surface area contributed by atoms with E-state index in [1.807, 2.05) is 0 Å². The fourth-order valence-corrected chi connectivity index (χ4v) is 34.7. The van der Waals surface area contributed by atoms with Gasteiger partial charge in [-0.2, -0.15) is 0 Å². The molecule has 73 heavy (non-hydrogen) atoms. The Morgan fingerprint density at radius 2 is 0.356 bits per heavy atom. The third kappa shape index (κ3) is 39.9. The van der Waals surface area contributed by atoms with Crippen LogP contribution in [0.25, 0.3) is 0 Å². The van der Waals surface area contributed by atoms with Gasteiger partial charge in [0, 0.05) is 24.2 Å². The van der Waals surface area contributed by atoms with Gasteiger partial charge in [-0.25, -0.2) is 50.2 Å². The normalized spacial score (nSPS) is 15.3. The minimum Gasteiger partial charge on any atom is -0.317 e. The van der Waals surface area contributed by atoms with Crippen molar-refractivity contribution < 1.29 is 204 Å². The van der Waals surface area contributed by atoms with Crippen molar-refractivity contribution in [1.82, 2.24) is 10.6 Å². The summed E-state index contributed by atoms with van der Waals surface area (Å²) in [7, 11) is -92.0. The average molecular weight is 1380 g/mol. The lowest BCUT2D eigenvalue weighted by Crippen LogP contribution is -2.47. The van der Waals surface area contributed by atoms with Crippen LogP contribution in [-0.2, 0) is 101 Å². The second-order valence-corrected chi connectivity index (χ2v) is 40.1. The summed E-state index contributed by atoms with van der Waals surface area (Å²) < 4.78 is 181. The summed E-state index contributed by atoms with van der Waals surface area (Å²) in [6.45, 7) is -2.73. The lowest BCUT2D eigenvalue weighted by atomic mass is 10.4. The highest BCUT2D eigenvalue weighted by molar-refractivity contribution is 7.56. The first kappa shape index (κ1) is 75.0. The number of rotatable bonds is 40.